The van der Waals surface area contributed by atoms with Crippen molar-refractivity contribution in [2.45, 2.75) is 31.8 Å². The standard InChI is InChI=1S/C12H20N2O4/c1-7-2-3-14(10(4-7)12(16)17)11(15)8-5-18-6-9(8)13/h7-10H,2-6,13H2,1H3,(H,16,17). The molecule has 6 nitrogen and oxygen atoms in total. The van der Waals surface area contributed by atoms with Crippen molar-refractivity contribution in [2.24, 2.45) is 17.6 Å². The second-order valence-electron chi connectivity index (χ2n) is 5.32. The maximum absolute atomic E-state index is 12.3. The molecule has 0 spiro atoms. The summed E-state index contributed by atoms with van der Waals surface area (Å²) in [5.41, 5.74) is 5.82. The summed E-state index contributed by atoms with van der Waals surface area (Å²) in [7, 11) is 0. The number of nitrogens with zero attached hydrogens (tertiary/aromatic N) is 1. The second-order valence-corrected chi connectivity index (χ2v) is 5.32. The van der Waals surface area contributed by atoms with Gasteiger partial charge in [-0.05, 0) is 18.8 Å². The lowest BCUT2D eigenvalue weighted by Gasteiger charge is -2.37. The van der Waals surface area contributed by atoms with Gasteiger partial charge in [0.05, 0.1) is 19.1 Å². The summed E-state index contributed by atoms with van der Waals surface area (Å²) in [5.74, 6) is -1.15. The Balaban J connectivity index is 2.09. The van der Waals surface area contributed by atoms with Crippen molar-refractivity contribution in [3.05, 3.63) is 0 Å². The van der Waals surface area contributed by atoms with E-state index < -0.39 is 12.0 Å². The molecule has 2 aliphatic rings. The van der Waals surface area contributed by atoms with Gasteiger partial charge in [-0.2, -0.15) is 0 Å². The van der Waals surface area contributed by atoms with E-state index in [2.05, 4.69) is 0 Å². The van der Waals surface area contributed by atoms with E-state index in [4.69, 9.17) is 10.5 Å². The molecular weight excluding hydrogens is 236 g/mol. The third-order valence-electron chi connectivity index (χ3n) is 3.87. The fraction of sp³-hybridized carbons (Fsp3) is 0.833. The minimum Gasteiger partial charge on any atom is -0.480 e. The predicted molar refractivity (Wildman–Crippen MR) is 63.8 cm³/mol. The van der Waals surface area contributed by atoms with Crippen molar-refractivity contribution in [1.29, 1.82) is 0 Å². The number of nitrogens with two attached hydrogens (primary N) is 1. The molecule has 0 aromatic carbocycles. The van der Waals surface area contributed by atoms with Gasteiger partial charge in [0.15, 0.2) is 0 Å². The van der Waals surface area contributed by atoms with Gasteiger partial charge in [-0.15, -0.1) is 0 Å². The highest BCUT2D eigenvalue weighted by Gasteiger charge is 2.41. The van der Waals surface area contributed by atoms with Gasteiger partial charge in [0, 0.05) is 12.6 Å². The SMILES string of the molecule is CC1CCN(C(=O)C2COCC2N)C(C(=O)O)C1. The van der Waals surface area contributed by atoms with Crippen LogP contribution < -0.4 is 5.73 Å². The van der Waals surface area contributed by atoms with E-state index >= 15 is 0 Å². The first-order valence-corrected chi connectivity index (χ1v) is 6.37. The summed E-state index contributed by atoms with van der Waals surface area (Å²) in [6.45, 7) is 3.19. The number of aliphatic carboxylic acids is 1. The highest BCUT2D eigenvalue weighted by molar-refractivity contribution is 5.86. The van der Waals surface area contributed by atoms with Gasteiger partial charge in [-0.25, -0.2) is 4.79 Å². The number of carbonyl (C=O) groups excluding carboxylic acids is 1. The van der Waals surface area contributed by atoms with Crippen molar-refractivity contribution in [1.82, 2.24) is 4.90 Å². The molecule has 2 heterocycles. The number of rotatable bonds is 2. The van der Waals surface area contributed by atoms with Crippen molar-refractivity contribution in [3.63, 3.8) is 0 Å². The van der Waals surface area contributed by atoms with E-state index in [9.17, 15) is 14.7 Å². The maximum atomic E-state index is 12.3. The van der Waals surface area contributed by atoms with Crippen LogP contribution in [0.15, 0.2) is 0 Å². The van der Waals surface area contributed by atoms with Crippen molar-refractivity contribution in [2.75, 3.05) is 19.8 Å². The van der Waals surface area contributed by atoms with E-state index in [0.717, 1.165) is 6.42 Å². The van der Waals surface area contributed by atoms with Crippen molar-refractivity contribution < 1.29 is 19.4 Å². The smallest absolute Gasteiger partial charge is 0.326 e. The summed E-state index contributed by atoms with van der Waals surface area (Å²) in [6.07, 6.45) is 1.36. The van der Waals surface area contributed by atoms with Crippen LogP contribution in [0.3, 0.4) is 0 Å². The number of hydrogen-bond acceptors (Lipinski definition) is 4. The zero-order valence-electron chi connectivity index (χ0n) is 10.5. The molecule has 2 fully saturated rings. The van der Waals surface area contributed by atoms with Crippen LogP contribution in [-0.2, 0) is 14.3 Å². The minimum atomic E-state index is -0.928. The first-order chi connectivity index (χ1) is 8.50. The Kier molecular flexibility index (Phi) is 3.87. The fourth-order valence-corrected chi connectivity index (χ4v) is 2.68. The topological polar surface area (TPSA) is 92.9 Å². The molecule has 102 valence electrons. The monoisotopic (exact) mass is 256 g/mol. The molecule has 0 saturated carbocycles. The van der Waals surface area contributed by atoms with E-state index in [-0.39, 0.29) is 17.9 Å². The van der Waals surface area contributed by atoms with Crippen LogP contribution in [0.25, 0.3) is 0 Å². The summed E-state index contributed by atoms with van der Waals surface area (Å²) >= 11 is 0. The average molecular weight is 256 g/mol. The number of piperidine rings is 1. The van der Waals surface area contributed by atoms with Gasteiger partial charge >= 0.3 is 5.97 Å². The Morgan fingerprint density at radius 2 is 2.11 bits per heavy atom. The number of carboxylic acids is 1. The van der Waals surface area contributed by atoms with E-state index in [0.29, 0.717) is 32.1 Å². The van der Waals surface area contributed by atoms with Gasteiger partial charge in [0.25, 0.3) is 0 Å². The normalized spacial score (nSPS) is 36.7. The largest absolute Gasteiger partial charge is 0.480 e. The molecule has 0 radical (unpaired) electrons. The first kappa shape index (κ1) is 13.3. The Morgan fingerprint density at radius 1 is 1.39 bits per heavy atom. The summed E-state index contributed by atoms with van der Waals surface area (Å²) in [6, 6.07) is -1.03. The summed E-state index contributed by atoms with van der Waals surface area (Å²) in [4.78, 5) is 25.1. The molecule has 0 aliphatic carbocycles. The van der Waals surface area contributed by atoms with Crippen LogP contribution in [-0.4, -0.2) is 53.7 Å². The average Bonchev–Trinajstić information content (AvgIpc) is 2.74. The Bertz CT molecular complexity index is 347. The lowest BCUT2D eigenvalue weighted by atomic mass is 9.90. The summed E-state index contributed by atoms with van der Waals surface area (Å²) in [5, 5.41) is 9.23. The van der Waals surface area contributed by atoms with Crippen molar-refractivity contribution >= 4 is 11.9 Å². The van der Waals surface area contributed by atoms with Crippen LogP contribution in [0.2, 0.25) is 0 Å². The Hall–Kier alpha value is -1.14. The van der Waals surface area contributed by atoms with Gasteiger partial charge in [0.2, 0.25) is 5.91 Å². The number of likely N-dealkylation sites (tertiary alicyclic amines) is 1. The molecule has 1 amide bonds. The molecule has 2 aliphatic heterocycles. The number of carboxylic acid groups (broad SMARTS) is 1. The van der Waals surface area contributed by atoms with Crippen LogP contribution in [0, 0.1) is 11.8 Å². The fourth-order valence-electron chi connectivity index (χ4n) is 2.68. The molecule has 2 saturated heterocycles. The number of ether oxygens (including phenoxy) is 1. The van der Waals surface area contributed by atoms with E-state index in [1.165, 1.54) is 4.90 Å². The second kappa shape index (κ2) is 5.24. The molecular formula is C12H20N2O4. The van der Waals surface area contributed by atoms with Gasteiger partial charge in [-0.3, -0.25) is 4.79 Å². The summed E-state index contributed by atoms with van der Waals surface area (Å²) < 4.78 is 5.18. The first-order valence-electron chi connectivity index (χ1n) is 6.37. The minimum absolute atomic E-state index is 0.167. The molecule has 0 aromatic heterocycles. The molecule has 6 heteroatoms. The molecule has 18 heavy (non-hydrogen) atoms. The molecule has 0 aromatic rings. The van der Waals surface area contributed by atoms with E-state index in [1.807, 2.05) is 6.92 Å². The highest BCUT2D eigenvalue weighted by atomic mass is 16.5. The van der Waals surface area contributed by atoms with Crippen molar-refractivity contribution in [3.8, 4) is 0 Å². The number of carbonyl (C=O) groups is 2. The maximum Gasteiger partial charge on any atom is 0.326 e. The van der Waals surface area contributed by atoms with Gasteiger partial charge in [0.1, 0.15) is 6.04 Å². The van der Waals surface area contributed by atoms with Crippen LogP contribution >= 0.6 is 0 Å². The van der Waals surface area contributed by atoms with Crippen LogP contribution in [0.1, 0.15) is 19.8 Å². The molecule has 4 atom stereocenters. The van der Waals surface area contributed by atoms with Gasteiger partial charge < -0.3 is 20.5 Å². The van der Waals surface area contributed by atoms with Crippen LogP contribution in [0.5, 0.6) is 0 Å². The van der Waals surface area contributed by atoms with Crippen LogP contribution in [0.4, 0.5) is 0 Å². The zero-order chi connectivity index (χ0) is 13.3. The number of amides is 1. The molecule has 4 unspecified atom stereocenters. The third-order valence-corrected chi connectivity index (χ3v) is 3.87. The predicted octanol–water partition coefficient (Wildman–Crippen LogP) is -0.328. The molecule has 2 rings (SSSR count). The Morgan fingerprint density at radius 3 is 2.67 bits per heavy atom. The molecule has 3 N–H and O–H groups in total. The zero-order valence-corrected chi connectivity index (χ0v) is 10.5. The lowest BCUT2D eigenvalue weighted by molar-refractivity contribution is -0.155. The molecule has 0 bridgehead atoms. The quantitative estimate of drug-likeness (QED) is 0.706. The third kappa shape index (κ3) is 2.49. The number of hydrogen-bond donors (Lipinski definition) is 2. The highest BCUT2D eigenvalue weighted by Crippen LogP contribution is 2.26. The van der Waals surface area contributed by atoms with Gasteiger partial charge in [-0.1, -0.05) is 6.92 Å². The van der Waals surface area contributed by atoms with E-state index in [1.54, 1.807) is 0 Å². The lowest BCUT2D eigenvalue weighted by Crippen LogP contribution is -2.54. The Labute approximate surface area is 106 Å².